The summed E-state index contributed by atoms with van der Waals surface area (Å²) < 4.78 is 7.42. The van der Waals surface area contributed by atoms with Gasteiger partial charge in [0.15, 0.2) is 0 Å². The van der Waals surface area contributed by atoms with Gasteiger partial charge in [0.25, 0.3) is 5.91 Å². The first-order valence-corrected chi connectivity index (χ1v) is 8.47. The number of carbonyl (C=O) groups excluding carboxylic acids is 1. The lowest BCUT2D eigenvalue weighted by Crippen LogP contribution is -2.40. The molecule has 4 rings (SSSR count). The first-order valence-electron chi connectivity index (χ1n) is 8.47. The van der Waals surface area contributed by atoms with E-state index in [1.165, 1.54) is 11.1 Å². The molecule has 1 aromatic heterocycles. The molecule has 1 aliphatic carbocycles. The third-order valence-electron chi connectivity index (χ3n) is 5.08. The molecule has 2 aliphatic rings. The number of fused-ring (bicyclic) bond motifs is 1. The molecule has 0 radical (unpaired) electrons. The Balaban J connectivity index is 1.75. The largest absolute Gasteiger partial charge is 0.493 e. The van der Waals surface area contributed by atoms with E-state index in [1.54, 1.807) is 17.9 Å². The number of hydrogen-bond donors (Lipinski definition) is 0. The lowest BCUT2D eigenvalue weighted by Gasteiger charge is -2.36. The van der Waals surface area contributed by atoms with Gasteiger partial charge in [-0.3, -0.25) is 4.79 Å². The third kappa shape index (κ3) is 2.46. The Morgan fingerprint density at radius 3 is 2.67 bits per heavy atom. The molecule has 1 aliphatic heterocycles. The molecule has 1 amide bonds. The van der Waals surface area contributed by atoms with Crippen molar-refractivity contribution in [3.8, 4) is 5.75 Å². The molecule has 0 saturated heterocycles. The lowest BCUT2D eigenvalue weighted by atomic mass is 9.94. The minimum Gasteiger partial charge on any atom is -0.493 e. The highest BCUT2D eigenvalue weighted by Gasteiger charge is 2.41. The summed E-state index contributed by atoms with van der Waals surface area (Å²) in [5, 5.41) is 7.77. The van der Waals surface area contributed by atoms with Crippen molar-refractivity contribution in [1.82, 2.24) is 19.9 Å². The average Bonchev–Trinajstić information content (AvgIpc) is 3.29. The smallest absolute Gasteiger partial charge is 0.274 e. The quantitative estimate of drug-likeness (QED) is 0.870. The summed E-state index contributed by atoms with van der Waals surface area (Å²) in [6.45, 7) is 4.84. The van der Waals surface area contributed by atoms with E-state index >= 15 is 0 Å². The molecule has 2 aromatic rings. The summed E-state index contributed by atoms with van der Waals surface area (Å²) >= 11 is 0. The Kier molecular flexibility index (Phi) is 3.55. The Hall–Kier alpha value is -2.37. The molecule has 1 unspecified atom stereocenters. The maximum absolute atomic E-state index is 13.2. The fourth-order valence-electron chi connectivity index (χ4n) is 3.45. The molecule has 1 aromatic carbocycles. The van der Waals surface area contributed by atoms with Crippen molar-refractivity contribution in [1.29, 1.82) is 0 Å². The zero-order chi connectivity index (χ0) is 16.8. The van der Waals surface area contributed by atoms with Gasteiger partial charge in [-0.15, -0.1) is 5.10 Å². The fraction of sp³-hybridized carbons (Fsp3) is 0.500. The van der Waals surface area contributed by atoms with Gasteiger partial charge < -0.3 is 9.64 Å². The normalized spacial score (nSPS) is 19.5. The molecule has 6 heteroatoms. The number of aromatic nitrogens is 3. The first-order chi connectivity index (χ1) is 11.6. The number of aryl methyl sites for hydroxylation is 3. The molecule has 2 heterocycles. The summed E-state index contributed by atoms with van der Waals surface area (Å²) in [4.78, 5) is 15.2. The standard InChI is InChI=1S/C18H22N4O2/c1-11-8-14-15(6-7-24-17(14)9-12(11)2)22(13-4-5-13)18(23)16-10-19-20-21(16)3/h8-10,13,15H,4-7H2,1-3H3. The molecule has 1 fully saturated rings. The van der Waals surface area contributed by atoms with Gasteiger partial charge in [-0.05, 0) is 43.9 Å². The van der Waals surface area contributed by atoms with Crippen LogP contribution >= 0.6 is 0 Å². The van der Waals surface area contributed by atoms with Crippen LogP contribution in [0.15, 0.2) is 18.3 Å². The Morgan fingerprint density at radius 2 is 2.00 bits per heavy atom. The van der Waals surface area contributed by atoms with Gasteiger partial charge in [0.1, 0.15) is 11.4 Å². The van der Waals surface area contributed by atoms with Gasteiger partial charge in [0.05, 0.1) is 18.8 Å². The number of benzene rings is 1. The van der Waals surface area contributed by atoms with Gasteiger partial charge in [0.2, 0.25) is 0 Å². The summed E-state index contributed by atoms with van der Waals surface area (Å²) in [5.41, 5.74) is 4.11. The molecule has 0 bridgehead atoms. The van der Waals surface area contributed by atoms with Crippen LogP contribution in [-0.4, -0.2) is 38.4 Å². The van der Waals surface area contributed by atoms with Crippen molar-refractivity contribution >= 4 is 5.91 Å². The second-order valence-electron chi connectivity index (χ2n) is 6.81. The topological polar surface area (TPSA) is 60.2 Å². The highest BCUT2D eigenvalue weighted by molar-refractivity contribution is 5.93. The second kappa shape index (κ2) is 5.61. The summed E-state index contributed by atoms with van der Waals surface area (Å²) in [7, 11) is 1.76. The van der Waals surface area contributed by atoms with Crippen molar-refractivity contribution in [3.05, 3.63) is 40.7 Å². The van der Waals surface area contributed by atoms with E-state index in [4.69, 9.17) is 4.74 Å². The molecule has 6 nitrogen and oxygen atoms in total. The summed E-state index contributed by atoms with van der Waals surface area (Å²) in [6.07, 6.45) is 4.50. The van der Waals surface area contributed by atoms with E-state index in [2.05, 4.69) is 36.3 Å². The molecule has 0 N–H and O–H groups in total. The molecular weight excluding hydrogens is 304 g/mol. The zero-order valence-corrected chi connectivity index (χ0v) is 14.3. The highest BCUT2D eigenvalue weighted by atomic mass is 16.5. The van der Waals surface area contributed by atoms with Crippen LogP contribution < -0.4 is 4.74 Å². The maximum atomic E-state index is 13.2. The Labute approximate surface area is 141 Å². The first kappa shape index (κ1) is 15.2. The SMILES string of the molecule is Cc1cc2c(cc1C)C(N(C(=O)c1cnnn1C)C1CC1)CCO2. The van der Waals surface area contributed by atoms with Crippen molar-refractivity contribution in [3.63, 3.8) is 0 Å². The fourth-order valence-corrected chi connectivity index (χ4v) is 3.45. The van der Waals surface area contributed by atoms with Crippen LogP contribution in [0.3, 0.4) is 0 Å². The number of amides is 1. The van der Waals surface area contributed by atoms with Crippen LogP contribution in [0.1, 0.15) is 52.5 Å². The second-order valence-corrected chi connectivity index (χ2v) is 6.81. The van der Waals surface area contributed by atoms with Gasteiger partial charge in [-0.25, -0.2) is 4.68 Å². The van der Waals surface area contributed by atoms with Gasteiger partial charge >= 0.3 is 0 Å². The van der Waals surface area contributed by atoms with E-state index < -0.39 is 0 Å². The summed E-state index contributed by atoms with van der Waals surface area (Å²) in [6, 6.07) is 4.64. The van der Waals surface area contributed by atoms with E-state index in [1.807, 2.05) is 4.90 Å². The minimum atomic E-state index is 0.0149. The van der Waals surface area contributed by atoms with Gasteiger partial charge in [-0.2, -0.15) is 0 Å². The predicted octanol–water partition coefficient (Wildman–Crippen LogP) is 2.56. The predicted molar refractivity (Wildman–Crippen MR) is 89.0 cm³/mol. The van der Waals surface area contributed by atoms with Crippen LogP contribution in [0.2, 0.25) is 0 Å². The Morgan fingerprint density at radius 1 is 1.25 bits per heavy atom. The average molecular weight is 326 g/mol. The van der Waals surface area contributed by atoms with E-state index in [-0.39, 0.29) is 11.9 Å². The van der Waals surface area contributed by atoms with Crippen molar-refractivity contribution in [2.45, 2.75) is 45.2 Å². The third-order valence-corrected chi connectivity index (χ3v) is 5.08. The van der Waals surface area contributed by atoms with E-state index in [0.717, 1.165) is 30.6 Å². The van der Waals surface area contributed by atoms with Crippen molar-refractivity contribution in [2.75, 3.05) is 6.61 Å². The lowest BCUT2D eigenvalue weighted by molar-refractivity contribution is 0.0591. The van der Waals surface area contributed by atoms with Crippen molar-refractivity contribution in [2.24, 2.45) is 7.05 Å². The number of hydrogen-bond acceptors (Lipinski definition) is 4. The molecule has 1 atom stereocenters. The molecule has 0 spiro atoms. The van der Waals surface area contributed by atoms with Crippen LogP contribution in [0.4, 0.5) is 0 Å². The maximum Gasteiger partial charge on any atom is 0.274 e. The van der Waals surface area contributed by atoms with Crippen molar-refractivity contribution < 1.29 is 9.53 Å². The molecular formula is C18H22N4O2. The highest BCUT2D eigenvalue weighted by Crippen LogP contribution is 2.43. The molecule has 1 saturated carbocycles. The number of rotatable bonds is 3. The van der Waals surface area contributed by atoms with Crippen LogP contribution in [0, 0.1) is 13.8 Å². The van der Waals surface area contributed by atoms with Gasteiger partial charge in [-0.1, -0.05) is 11.3 Å². The van der Waals surface area contributed by atoms with Gasteiger partial charge in [0, 0.05) is 25.1 Å². The molecule has 126 valence electrons. The van der Waals surface area contributed by atoms with Crippen LogP contribution in [0.5, 0.6) is 5.75 Å². The summed E-state index contributed by atoms with van der Waals surface area (Å²) in [5.74, 6) is 0.928. The number of ether oxygens (including phenoxy) is 1. The van der Waals surface area contributed by atoms with Crippen LogP contribution in [-0.2, 0) is 7.05 Å². The number of nitrogens with zero attached hydrogens (tertiary/aromatic N) is 4. The zero-order valence-electron chi connectivity index (χ0n) is 14.3. The van der Waals surface area contributed by atoms with Crippen LogP contribution in [0.25, 0.3) is 0 Å². The van der Waals surface area contributed by atoms with E-state index in [0.29, 0.717) is 18.3 Å². The molecule has 24 heavy (non-hydrogen) atoms. The Bertz CT molecular complexity index is 794. The van der Waals surface area contributed by atoms with E-state index in [9.17, 15) is 4.79 Å². The monoisotopic (exact) mass is 326 g/mol. The number of carbonyl (C=O) groups is 1. The minimum absolute atomic E-state index is 0.0149.